The molecule has 0 aliphatic carbocycles. The Morgan fingerprint density at radius 2 is 1.59 bits per heavy atom. The molecule has 3 aromatic carbocycles. The second kappa shape index (κ2) is 9.14. The lowest BCUT2D eigenvalue weighted by Crippen LogP contribution is -2.20. The molecule has 146 valence electrons. The SMILES string of the molecule is O=C(COc1ccc(NC(=O)c2ccccc2)cc1)Nc1cccc([N+](=O)[O-])c1. The predicted molar refractivity (Wildman–Crippen MR) is 108 cm³/mol. The molecule has 3 aromatic rings. The highest BCUT2D eigenvalue weighted by atomic mass is 16.6. The van der Waals surface area contributed by atoms with Crippen molar-refractivity contribution < 1.29 is 19.2 Å². The molecule has 2 amide bonds. The zero-order valence-electron chi connectivity index (χ0n) is 15.2. The van der Waals surface area contributed by atoms with Crippen molar-refractivity contribution >= 4 is 28.9 Å². The number of nitrogens with zero attached hydrogens (tertiary/aromatic N) is 1. The van der Waals surface area contributed by atoms with E-state index < -0.39 is 10.8 Å². The van der Waals surface area contributed by atoms with Crippen LogP contribution in [-0.2, 0) is 4.79 Å². The van der Waals surface area contributed by atoms with Crippen LogP contribution in [0.2, 0.25) is 0 Å². The Morgan fingerprint density at radius 1 is 0.862 bits per heavy atom. The van der Waals surface area contributed by atoms with Crippen molar-refractivity contribution in [3.05, 3.63) is 94.5 Å². The third-order valence-electron chi connectivity index (χ3n) is 3.86. The van der Waals surface area contributed by atoms with Gasteiger partial charge in [0.15, 0.2) is 6.61 Å². The maximum absolute atomic E-state index is 12.1. The highest BCUT2D eigenvalue weighted by molar-refractivity contribution is 6.04. The van der Waals surface area contributed by atoms with Gasteiger partial charge in [-0.05, 0) is 42.5 Å². The van der Waals surface area contributed by atoms with Crippen molar-refractivity contribution in [2.45, 2.75) is 0 Å². The number of nitrogens with one attached hydrogen (secondary N) is 2. The molecular formula is C21H17N3O5. The molecule has 0 spiro atoms. The summed E-state index contributed by atoms with van der Waals surface area (Å²) in [6.45, 7) is -0.265. The van der Waals surface area contributed by atoms with Crippen molar-refractivity contribution in [1.29, 1.82) is 0 Å². The molecule has 3 rings (SSSR count). The van der Waals surface area contributed by atoms with Crippen LogP contribution in [0.5, 0.6) is 5.75 Å². The molecule has 0 atom stereocenters. The molecule has 29 heavy (non-hydrogen) atoms. The number of ether oxygens (including phenoxy) is 1. The average molecular weight is 391 g/mol. The number of nitro groups is 1. The zero-order chi connectivity index (χ0) is 20.6. The van der Waals surface area contributed by atoms with Gasteiger partial charge in [0.25, 0.3) is 17.5 Å². The van der Waals surface area contributed by atoms with Crippen LogP contribution in [0.3, 0.4) is 0 Å². The average Bonchev–Trinajstić information content (AvgIpc) is 2.74. The molecule has 0 aromatic heterocycles. The summed E-state index contributed by atoms with van der Waals surface area (Å²) in [7, 11) is 0. The maximum atomic E-state index is 12.1. The second-order valence-corrected chi connectivity index (χ2v) is 5.99. The first-order chi connectivity index (χ1) is 14.0. The van der Waals surface area contributed by atoms with Crippen LogP contribution in [0, 0.1) is 10.1 Å². The Labute approximate surface area is 166 Å². The van der Waals surface area contributed by atoms with Gasteiger partial charge in [-0.25, -0.2) is 0 Å². The lowest BCUT2D eigenvalue weighted by Gasteiger charge is -2.09. The Bertz CT molecular complexity index is 1020. The zero-order valence-corrected chi connectivity index (χ0v) is 15.2. The lowest BCUT2D eigenvalue weighted by atomic mass is 10.2. The number of amides is 2. The van der Waals surface area contributed by atoms with E-state index in [1.807, 2.05) is 6.07 Å². The molecular weight excluding hydrogens is 374 g/mol. The molecule has 0 fully saturated rings. The third kappa shape index (κ3) is 5.64. The number of benzene rings is 3. The van der Waals surface area contributed by atoms with Crippen LogP contribution in [0.4, 0.5) is 17.1 Å². The van der Waals surface area contributed by atoms with Crippen molar-refractivity contribution in [2.75, 3.05) is 17.2 Å². The van der Waals surface area contributed by atoms with Crippen molar-refractivity contribution in [3.8, 4) is 5.75 Å². The summed E-state index contributed by atoms with van der Waals surface area (Å²) >= 11 is 0. The summed E-state index contributed by atoms with van der Waals surface area (Å²) in [4.78, 5) is 34.3. The Morgan fingerprint density at radius 3 is 2.28 bits per heavy atom. The van der Waals surface area contributed by atoms with E-state index in [9.17, 15) is 19.7 Å². The van der Waals surface area contributed by atoms with E-state index in [1.165, 1.54) is 18.2 Å². The first-order valence-corrected chi connectivity index (χ1v) is 8.65. The van der Waals surface area contributed by atoms with Gasteiger partial charge in [0.2, 0.25) is 0 Å². The lowest BCUT2D eigenvalue weighted by molar-refractivity contribution is -0.384. The number of non-ortho nitro benzene ring substituents is 1. The minimum absolute atomic E-state index is 0.114. The quantitative estimate of drug-likeness (QED) is 0.469. The molecule has 0 aliphatic heterocycles. The minimum atomic E-state index is -0.537. The Balaban J connectivity index is 1.51. The number of nitro benzene ring substituents is 1. The standard InChI is InChI=1S/C21H17N3O5/c25-20(22-17-7-4-8-18(13-17)24(27)28)14-29-19-11-9-16(10-12-19)23-21(26)15-5-2-1-3-6-15/h1-13H,14H2,(H,22,25)(H,23,26). The van der Waals surface area contributed by atoms with Crippen LogP contribution >= 0.6 is 0 Å². The number of rotatable bonds is 7. The largest absolute Gasteiger partial charge is 0.484 e. The van der Waals surface area contributed by atoms with Gasteiger partial charge < -0.3 is 15.4 Å². The fourth-order valence-corrected chi connectivity index (χ4v) is 2.47. The third-order valence-corrected chi connectivity index (χ3v) is 3.86. The molecule has 0 heterocycles. The van der Waals surface area contributed by atoms with E-state index in [1.54, 1.807) is 54.6 Å². The molecule has 0 bridgehead atoms. The summed E-state index contributed by atoms with van der Waals surface area (Å²) in [5, 5.41) is 16.1. The normalized spacial score (nSPS) is 10.1. The van der Waals surface area contributed by atoms with Gasteiger partial charge in [-0.1, -0.05) is 24.3 Å². The Kier molecular flexibility index (Phi) is 6.16. The molecule has 0 radical (unpaired) electrons. The molecule has 2 N–H and O–H groups in total. The Hall–Kier alpha value is -4.20. The van der Waals surface area contributed by atoms with E-state index in [0.29, 0.717) is 22.7 Å². The van der Waals surface area contributed by atoms with Gasteiger partial charge >= 0.3 is 0 Å². The summed E-state index contributed by atoms with van der Waals surface area (Å²) in [6, 6.07) is 21.0. The number of anilines is 2. The molecule has 0 unspecified atom stereocenters. The summed E-state index contributed by atoms with van der Waals surface area (Å²) in [6.07, 6.45) is 0. The van der Waals surface area contributed by atoms with Crippen LogP contribution in [0.25, 0.3) is 0 Å². The summed E-state index contributed by atoms with van der Waals surface area (Å²) in [5.74, 6) is -0.237. The van der Waals surface area contributed by atoms with Crippen LogP contribution < -0.4 is 15.4 Å². The number of carbonyl (C=O) groups excluding carboxylic acids is 2. The van der Waals surface area contributed by atoms with Gasteiger partial charge in [0.05, 0.1) is 4.92 Å². The van der Waals surface area contributed by atoms with E-state index >= 15 is 0 Å². The molecule has 0 saturated carbocycles. The van der Waals surface area contributed by atoms with E-state index in [4.69, 9.17) is 4.74 Å². The number of hydrogen-bond acceptors (Lipinski definition) is 5. The smallest absolute Gasteiger partial charge is 0.271 e. The van der Waals surface area contributed by atoms with E-state index in [-0.39, 0.29) is 18.2 Å². The predicted octanol–water partition coefficient (Wildman–Crippen LogP) is 3.86. The van der Waals surface area contributed by atoms with Gasteiger partial charge in [0, 0.05) is 29.1 Å². The molecule has 8 heteroatoms. The maximum Gasteiger partial charge on any atom is 0.271 e. The first-order valence-electron chi connectivity index (χ1n) is 8.65. The summed E-state index contributed by atoms with van der Waals surface area (Å²) < 4.78 is 5.40. The van der Waals surface area contributed by atoms with Crippen LogP contribution in [0.1, 0.15) is 10.4 Å². The molecule has 0 aliphatic rings. The van der Waals surface area contributed by atoms with E-state index in [2.05, 4.69) is 10.6 Å². The van der Waals surface area contributed by atoms with Crippen molar-refractivity contribution in [3.63, 3.8) is 0 Å². The minimum Gasteiger partial charge on any atom is -0.484 e. The fourth-order valence-electron chi connectivity index (χ4n) is 2.47. The van der Waals surface area contributed by atoms with Gasteiger partial charge in [-0.2, -0.15) is 0 Å². The van der Waals surface area contributed by atoms with Crippen molar-refractivity contribution in [1.82, 2.24) is 0 Å². The first kappa shape index (κ1) is 19.6. The molecule has 0 saturated heterocycles. The topological polar surface area (TPSA) is 111 Å². The summed E-state index contributed by atoms with van der Waals surface area (Å²) in [5.41, 5.74) is 1.33. The monoisotopic (exact) mass is 391 g/mol. The second-order valence-electron chi connectivity index (χ2n) is 5.99. The number of hydrogen-bond donors (Lipinski definition) is 2. The highest BCUT2D eigenvalue weighted by Crippen LogP contribution is 2.18. The van der Waals surface area contributed by atoms with Gasteiger partial charge in [-0.15, -0.1) is 0 Å². The van der Waals surface area contributed by atoms with E-state index in [0.717, 1.165) is 0 Å². The van der Waals surface area contributed by atoms with Crippen LogP contribution in [0.15, 0.2) is 78.9 Å². The number of carbonyl (C=O) groups is 2. The van der Waals surface area contributed by atoms with Crippen LogP contribution in [-0.4, -0.2) is 23.3 Å². The van der Waals surface area contributed by atoms with Gasteiger partial charge in [-0.3, -0.25) is 19.7 Å². The fraction of sp³-hybridized carbons (Fsp3) is 0.0476. The van der Waals surface area contributed by atoms with Crippen molar-refractivity contribution in [2.24, 2.45) is 0 Å². The van der Waals surface area contributed by atoms with Gasteiger partial charge in [0.1, 0.15) is 5.75 Å². The highest BCUT2D eigenvalue weighted by Gasteiger charge is 2.09. The molecule has 8 nitrogen and oxygen atoms in total.